The molecule has 1 unspecified atom stereocenters. The molecule has 0 bridgehead atoms. The average molecular weight is 947 g/mol. The number of hydrogen-bond donors (Lipinski definition) is 2. The molecular formula is C52H88NO10PSi. The topological polar surface area (TPSA) is 139 Å². The molecular weight excluding hydrogens is 858 g/mol. The fourth-order valence-corrected chi connectivity index (χ4v) is 10.1. The van der Waals surface area contributed by atoms with E-state index in [4.69, 9.17) is 28.8 Å². The van der Waals surface area contributed by atoms with E-state index in [0.717, 1.165) is 57.8 Å². The van der Waals surface area contributed by atoms with Gasteiger partial charge in [0.2, 0.25) is 5.91 Å². The summed E-state index contributed by atoms with van der Waals surface area (Å²) in [5.74, 6) is -0.431. The van der Waals surface area contributed by atoms with Gasteiger partial charge in [-0.05, 0) is 55.2 Å². The summed E-state index contributed by atoms with van der Waals surface area (Å²) < 4.78 is 60.1. The monoisotopic (exact) mass is 947 g/mol. The number of carbonyl (C=O) groups excluding carboxylic acids is 2. The summed E-state index contributed by atoms with van der Waals surface area (Å²) in [4.78, 5) is 27.6. The lowest BCUT2D eigenvalue weighted by Crippen LogP contribution is -2.66. The number of rotatable bonds is 35. The van der Waals surface area contributed by atoms with Crippen molar-refractivity contribution in [3.8, 4) is 11.5 Å². The van der Waals surface area contributed by atoms with Crippen LogP contribution in [0.25, 0.3) is 0 Å². The van der Waals surface area contributed by atoms with Crippen LogP contribution >= 0.6 is 7.82 Å². The predicted octanol–water partition coefficient (Wildman–Crippen LogP) is 14.2. The molecule has 1 amide bonds. The van der Waals surface area contributed by atoms with Crippen molar-refractivity contribution in [2.75, 3.05) is 6.61 Å². The fraction of sp³-hybridized carbons (Fsp3) is 0.731. The molecule has 3 rings (SSSR count). The Morgan fingerprint density at radius 3 is 1.60 bits per heavy atom. The summed E-state index contributed by atoms with van der Waals surface area (Å²) in [6.07, 6.45) is 19.1. The Bertz CT molecular complexity index is 1590. The molecule has 11 nitrogen and oxygen atoms in total. The van der Waals surface area contributed by atoms with Crippen molar-refractivity contribution in [1.29, 1.82) is 0 Å². The van der Waals surface area contributed by atoms with Crippen LogP contribution < -0.4 is 14.4 Å². The summed E-state index contributed by atoms with van der Waals surface area (Å²) in [5.41, 5.74) is 0. The summed E-state index contributed by atoms with van der Waals surface area (Å²) >= 11 is 0. The zero-order valence-electron chi connectivity index (χ0n) is 42.1. The lowest BCUT2D eigenvalue weighted by atomic mass is 9.96. The lowest BCUT2D eigenvalue weighted by molar-refractivity contribution is -0.254. The predicted molar refractivity (Wildman–Crippen MR) is 265 cm³/mol. The van der Waals surface area contributed by atoms with Gasteiger partial charge in [-0.2, -0.15) is 0 Å². The van der Waals surface area contributed by atoms with Gasteiger partial charge in [-0.1, -0.05) is 199 Å². The van der Waals surface area contributed by atoms with Gasteiger partial charge in [0.25, 0.3) is 0 Å². The zero-order chi connectivity index (χ0) is 48.1. The number of esters is 1. The molecule has 5 atom stereocenters. The van der Waals surface area contributed by atoms with E-state index in [1.54, 1.807) is 60.7 Å². The number of para-hydroxylation sites is 2. The van der Waals surface area contributed by atoms with Gasteiger partial charge < -0.3 is 33.4 Å². The van der Waals surface area contributed by atoms with Crippen molar-refractivity contribution in [1.82, 2.24) is 5.32 Å². The number of phosphoric acid groups is 1. The van der Waals surface area contributed by atoms with Crippen LogP contribution in [0.3, 0.4) is 0 Å². The number of nitrogens with one attached hydrogen (secondary N) is 1. The molecule has 1 fully saturated rings. The van der Waals surface area contributed by atoms with Crippen LogP contribution in [0.15, 0.2) is 60.7 Å². The minimum absolute atomic E-state index is 0.0898. The van der Waals surface area contributed by atoms with E-state index >= 15 is 4.57 Å². The fourth-order valence-electron chi connectivity index (χ4n) is 7.69. The van der Waals surface area contributed by atoms with E-state index in [1.807, 2.05) is 0 Å². The highest BCUT2D eigenvalue weighted by molar-refractivity contribution is 7.49. The van der Waals surface area contributed by atoms with Gasteiger partial charge in [0.15, 0.2) is 20.7 Å². The standard InChI is InChI=1S/C52H88NO10PSi/c1-8-10-12-14-16-18-20-22-24-26-34-40-46(54)53-48-50(60-47(55)41-35-27-25-23-21-19-17-15-13-11-9-2)49(45(59-51(48)56)42-58-65(6,7)52(3,4)5)63-64(57,61-43-36-30-28-31-37-43)62-44-38-32-29-33-39-44/h28-33,36-39,45,48-51,56H,8-27,34-35,40-42H2,1-7H3,(H,53,54)/t45-,48-,49-,50-,51?/m1/s1/i2D. The first-order valence-corrected chi connectivity index (χ1v) is 29.6. The molecule has 370 valence electrons. The van der Waals surface area contributed by atoms with E-state index in [1.165, 1.54) is 70.6 Å². The maximum absolute atomic E-state index is 15.0. The molecule has 0 radical (unpaired) electrons. The van der Waals surface area contributed by atoms with E-state index in [-0.39, 0.29) is 41.9 Å². The van der Waals surface area contributed by atoms with Crippen LogP contribution in [0.2, 0.25) is 18.1 Å². The van der Waals surface area contributed by atoms with Crippen molar-refractivity contribution in [2.24, 2.45) is 0 Å². The second-order valence-corrected chi connectivity index (χ2v) is 25.7. The first kappa shape index (κ1) is 54.9. The van der Waals surface area contributed by atoms with E-state index in [9.17, 15) is 14.7 Å². The number of benzene rings is 2. The van der Waals surface area contributed by atoms with E-state index in [2.05, 4.69) is 46.1 Å². The number of aliphatic hydroxyl groups excluding tert-OH is 1. The molecule has 2 aromatic rings. The summed E-state index contributed by atoms with van der Waals surface area (Å²) in [6.45, 7) is 13.1. The van der Waals surface area contributed by atoms with Crippen molar-refractivity contribution >= 4 is 28.0 Å². The number of carbonyl (C=O) groups is 2. The summed E-state index contributed by atoms with van der Waals surface area (Å²) in [7, 11) is -7.07. The number of amides is 1. The number of phosphoric ester groups is 1. The van der Waals surface area contributed by atoms with Crippen LogP contribution in [0.5, 0.6) is 11.5 Å². The minimum atomic E-state index is -4.64. The van der Waals surface area contributed by atoms with Gasteiger partial charge in [0.05, 0.1) is 6.61 Å². The second-order valence-electron chi connectivity index (χ2n) is 19.4. The van der Waals surface area contributed by atoms with Gasteiger partial charge >= 0.3 is 13.8 Å². The Morgan fingerprint density at radius 1 is 0.692 bits per heavy atom. The molecule has 1 aliphatic heterocycles. The van der Waals surface area contributed by atoms with Gasteiger partial charge in [0, 0.05) is 14.2 Å². The zero-order valence-corrected chi connectivity index (χ0v) is 43.0. The summed E-state index contributed by atoms with van der Waals surface area (Å²) in [5, 5.41) is 14.5. The first-order chi connectivity index (χ1) is 31.7. The smallest absolute Gasteiger partial charge is 0.457 e. The molecule has 1 aliphatic rings. The van der Waals surface area contributed by atoms with E-state index in [0.29, 0.717) is 19.7 Å². The van der Waals surface area contributed by atoms with Crippen molar-refractivity contribution < 1.29 is 48.1 Å². The normalized spacial score (nSPS) is 19.4. The highest BCUT2D eigenvalue weighted by atomic mass is 31.2. The molecule has 0 aliphatic carbocycles. The van der Waals surface area contributed by atoms with Crippen LogP contribution in [0.1, 0.15) is 190 Å². The van der Waals surface area contributed by atoms with Crippen molar-refractivity contribution in [3.05, 3.63) is 60.7 Å². The molecule has 0 saturated carbocycles. The Labute approximate surface area is 396 Å². The molecule has 65 heavy (non-hydrogen) atoms. The minimum Gasteiger partial charge on any atom is -0.457 e. The highest BCUT2D eigenvalue weighted by Gasteiger charge is 2.54. The largest absolute Gasteiger partial charge is 0.588 e. The Balaban J connectivity index is 1.83. The average Bonchev–Trinajstić information content (AvgIpc) is 3.27. The molecule has 0 spiro atoms. The van der Waals surface area contributed by atoms with Gasteiger partial charge in [0.1, 0.15) is 29.7 Å². The van der Waals surface area contributed by atoms with E-state index < -0.39 is 52.8 Å². The third-order valence-corrected chi connectivity index (χ3v) is 18.6. The van der Waals surface area contributed by atoms with Crippen LogP contribution in [-0.4, -0.2) is 62.6 Å². The third kappa shape index (κ3) is 22.7. The highest BCUT2D eigenvalue weighted by Crippen LogP contribution is 2.52. The van der Waals surface area contributed by atoms with Crippen molar-refractivity contribution in [3.63, 3.8) is 0 Å². The van der Waals surface area contributed by atoms with Gasteiger partial charge in [-0.15, -0.1) is 0 Å². The molecule has 1 heterocycles. The quantitative estimate of drug-likeness (QED) is 0.0297. The molecule has 13 heteroatoms. The number of unbranched alkanes of at least 4 members (excludes halogenated alkanes) is 20. The molecule has 2 aromatic carbocycles. The maximum atomic E-state index is 15.0. The van der Waals surface area contributed by atoms with Crippen LogP contribution in [0.4, 0.5) is 0 Å². The number of hydrogen-bond acceptors (Lipinski definition) is 10. The third-order valence-electron chi connectivity index (χ3n) is 12.7. The van der Waals surface area contributed by atoms with Crippen molar-refractivity contribution in [2.45, 2.75) is 237 Å². The Hall–Kier alpha value is -2.73. The second kappa shape index (κ2) is 31.3. The first-order valence-electron chi connectivity index (χ1n) is 25.9. The van der Waals surface area contributed by atoms with Crippen LogP contribution in [-0.2, 0) is 32.6 Å². The molecule has 0 aromatic heterocycles. The molecule has 1 saturated heterocycles. The van der Waals surface area contributed by atoms with Crippen LogP contribution in [0, 0.1) is 0 Å². The lowest BCUT2D eigenvalue weighted by Gasteiger charge is -2.46. The number of aliphatic hydroxyl groups is 1. The number of ether oxygens (including phenoxy) is 2. The van der Waals surface area contributed by atoms with Gasteiger partial charge in [-0.3, -0.25) is 14.1 Å². The summed E-state index contributed by atoms with van der Waals surface area (Å²) in [6, 6.07) is 15.8. The Morgan fingerprint density at radius 2 is 1.14 bits per heavy atom. The SMILES string of the molecule is [2H]CCCCCCCCCCCCCC(=O)O[C@H]1[C@H](OP(=O)(Oc2ccccc2)Oc2ccccc2)[C@@H](CO[Si](C)(C)C(C)(C)C)OC(O)[C@@H]1NC(=O)CCCCCCCCCCCCC. The van der Waals surface area contributed by atoms with Gasteiger partial charge in [-0.25, -0.2) is 4.57 Å². The maximum Gasteiger partial charge on any atom is 0.588 e. The molecule has 2 N–H and O–H groups in total. The Kier molecular flexibility index (Phi) is 26.5.